The number of halogens is 4. The van der Waals surface area contributed by atoms with Gasteiger partial charge in [-0.3, -0.25) is 0 Å². The van der Waals surface area contributed by atoms with E-state index in [-0.39, 0.29) is 48.9 Å². The summed E-state index contributed by atoms with van der Waals surface area (Å²) in [5, 5.41) is 0. The van der Waals surface area contributed by atoms with Crippen molar-refractivity contribution < 1.29 is 39.1 Å². The molecule has 13 heteroatoms. The lowest BCUT2D eigenvalue weighted by Crippen LogP contribution is -2.55. The summed E-state index contributed by atoms with van der Waals surface area (Å²) in [6.45, 7) is -0.677. The number of hydrogen-bond donors (Lipinski definition) is 0. The molecule has 0 saturated carbocycles. The van der Waals surface area contributed by atoms with Gasteiger partial charge >= 0.3 is 6.18 Å². The zero-order chi connectivity index (χ0) is 24.8. The number of hydrogen-bond acceptors (Lipinski definition) is 5. The molecule has 1 spiro atoms. The quantitative estimate of drug-likeness (QED) is 0.563. The van der Waals surface area contributed by atoms with Crippen LogP contribution >= 0.6 is 0 Å². The molecule has 0 amide bonds. The second-order valence-electron chi connectivity index (χ2n) is 8.08. The van der Waals surface area contributed by atoms with Crippen molar-refractivity contribution in [1.29, 1.82) is 0 Å². The smallest absolute Gasteiger partial charge is 0.358 e. The highest BCUT2D eigenvalue weighted by atomic mass is 32.2. The minimum Gasteiger partial charge on any atom is -0.358 e. The molecular weight excluding hydrogens is 500 g/mol. The van der Waals surface area contributed by atoms with Crippen molar-refractivity contribution >= 4 is 20.0 Å². The van der Waals surface area contributed by atoms with Gasteiger partial charge in [-0.15, -0.1) is 0 Å². The van der Waals surface area contributed by atoms with Crippen LogP contribution in [-0.2, 0) is 37.6 Å². The zero-order valence-corrected chi connectivity index (χ0v) is 19.5. The Labute approximate surface area is 195 Å². The molecule has 2 aliphatic heterocycles. The van der Waals surface area contributed by atoms with E-state index >= 15 is 0 Å². The van der Waals surface area contributed by atoms with Crippen LogP contribution in [0.3, 0.4) is 0 Å². The van der Waals surface area contributed by atoms with Crippen LogP contribution in [0.15, 0.2) is 58.3 Å². The summed E-state index contributed by atoms with van der Waals surface area (Å²) in [4.78, 5) is -0.296. The summed E-state index contributed by atoms with van der Waals surface area (Å²) in [6, 6.07) is 8.65. The molecule has 2 saturated heterocycles. The van der Waals surface area contributed by atoms with Crippen molar-refractivity contribution in [3.63, 3.8) is 0 Å². The van der Waals surface area contributed by atoms with Crippen LogP contribution in [-0.4, -0.2) is 57.4 Å². The van der Waals surface area contributed by atoms with Crippen molar-refractivity contribution in [2.24, 2.45) is 0 Å². The van der Waals surface area contributed by atoms with E-state index in [1.165, 1.54) is 28.6 Å². The SMILES string of the molecule is O=S(=O)(c1ccc(CF)cc1)N1CCC2(CC1)OCCN2S(=O)(=O)c1ccc(C(F)(F)F)cc1. The molecule has 2 aromatic carbocycles. The number of alkyl halides is 4. The number of ether oxygens (including phenoxy) is 1. The van der Waals surface area contributed by atoms with Crippen molar-refractivity contribution in [2.75, 3.05) is 26.2 Å². The Balaban J connectivity index is 1.53. The fourth-order valence-electron chi connectivity index (χ4n) is 4.25. The van der Waals surface area contributed by atoms with Crippen molar-refractivity contribution in [3.05, 3.63) is 59.7 Å². The Hall–Kier alpha value is -2.06. The number of nitrogens with zero attached hydrogens (tertiary/aromatic N) is 2. The fourth-order valence-corrected chi connectivity index (χ4v) is 7.41. The summed E-state index contributed by atoms with van der Waals surface area (Å²) in [6.07, 6.45) is -4.49. The lowest BCUT2D eigenvalue weighted by Gasteiger charge is -2.42. The maximum atomic E-state index is 13.2. The molecule has 0 atom stereocenters. The third kappa shape index (κ3) is 4.47. The minimum absolute atomic E-state index is 0.000792. The summed E-state index contributed by atoms with van der Waals surface area (Å²) in [7, 11) is -8.06. The Morgan fingerprint density at radius 3 is 1.88 bits per heavy atom. The highest BCUT2D eigenvalue weighted by molar-refractivity contribution is 7.89. The van der Waals surface area contributed by atoms with Gasteiger partial charge in [0.15, 0.2) is 0 Å². The summed E-state index contributed by atoms with van der Waals surface area (Å²) < 4.78 is 112. The molecule has 2 aliphatic rings. The normalized spacial score (nSPS) is 20.1. The number of sulfonamides is 2. The summed E-state index contributed by atoms with van der Waals surface area (Å²) in [5.41, 5.74) is -1.90. The Bertz CT molecular complexity index is 1240. The van der Waals surface area contributed by atoms with E-state index < -0.39 is 44.2 Å². The maximum Gasteiger partial charge on any atom is 0.416 e. The first-order valence-corrected chi connectivity index (χ1v) is 13.3. The van der Waals surface area contributed by atoms with Crippen LogP contribution in [0.2, 0.25) is 0 Å². The number of piperidine rings is 1. The lowest BCUT2D eigenvalue weighted by atomic mass is 10.0. The average molecular weight is 523 g/mol. The van der Waals surface area contributed by atoms with E-state index in [9.17, 15) is 34.4 Å². The second-order valence-corrected chi connectivity index (χ2v) is 11.9. The molecule has 7 nitrogen and oxygen atoms in total. The van der Waals surface area contributed by atoms with Gasteiger partial charge < -0.3 is 4.74 Å². The maximum absolute atomic E-state index is 13.2. The molecular formula is C21H22F4N2O5S2. The van der Waals surface area contributed by atoms with E-state index in [0.29, 0.717) is 17.7 Å². The van der Waals surface area contributed by atoms with Crippen LogP contribution in [0, 0.1) is 0 Å². The van der Waals surface area contributed by atoms with Gasteiger partial charge in [-0.1, -0.05) is 12.1 Å². The third-order valence-electron chi connectivity index (χ3n) is 6.11. The van der Waals surface area contributed by atoms with Gasteiger partial charge in [0, 0.05) is 32.5 Å². The Morgan fingerprint density at radius 1 is 0.824 bits per heavy atom. The molecule has 2 fully saturated rings. The third-order valence-corrected chi connectivity index (χ3v) is 9.98. The van der Waals surface area contributed by atoms with Gasteiger partial charge in [0.2, 0.25) is 20.0 Å². The molecule has 0 radical (unpaired) electrons. The topological polar surface area (TPSA) is 84.0 Å². The van der Waals surface area contributed by atoms with Gasteiger partial charge in [-0.2, -0.15) is 21.8 Å². The second kappa shape index (κ2) is 8.86. The van der Waals surface area contributed by atoms with Gasteiger partial charge in [-0.05, 0) is 42.0 Å². The summed E-state index contributed by atoms with van der Waals surface area (Å²) >= 11 is 0. The van der Waals surface area contributed by atoms with Crippen LogP contribution in [0.1, 0.15) is 24.0 Å². The average Bonchev–Trinajstić information content (AvgIpc) is 3.22. The van der Waals surface area contributed by atoms with E-state index in [0.717, 1.165) is 16.4 Å². The molecule has 2 heterocycles. The van der Waals surface area contributed by atoms with E-state index in [1.807, 2.05) is 0 Å². The van der Waals surface area contributed by atoms with Gasteiger partial charge in [0.25, 0.3) is 0 Å². The standard InChI is InChI=1S/C21H22F4N2O5S2/c22-15-16-1-5-18(6-2-16)33(28,29)26-11-9-20(10-12-26)27(13-14-32-20)34(30,31)19-7-3-17(4-8-19)21(23,24)25/h1-8H,9-15H2. The largest absolute Gasteiger partial charge is 0.416 e. The highest BCUT2D eigenvalue weighted by Gasteiger charge is 2.51. The van der Waals surface area contributed by atoms with E-state index in [2.05, 4.69) is 0 Å². The molecule has 0 aliphatic carbocycles. The van der Waals surface area contributed by atoms with Crippen molar-refractivity contribution in [2.45, 2.75) is 41.2 Å². The van der Waals surface area contributed by atoms with Crippen molar-refractivity contribution in [3.8, 4) is 0 Å². The molecule has 4 rings (SSSR count). The van der Waals surface area contributed by atoms with Crippen LogP contribution < -0.4 is 0 Å². The molecule has 0 unspecified atom stereocenters. The van der Waals surface area contributed by atoms with Gasteiger partial charge in [0.05, 0.1) is 22.0 Å². The van der Waals surface area contributed by atoms with Gasteiger partial charge in [-0.25, -0.2) is 21.2 Å². The predicted octanol–water partition coefficient (Wildman–Crippen LogP) is 3.38. The first-order valence-electron chi connectivity index (χ1n) is 10.4. The minimum atomic E-state index is -4.59. The number of benzene rings is 2. The first-order chi connectivity index (χ1) is 15.9. The zero-order valence-electron chi connectivity index (χ0n) is 17.8. The Kier molecular flexibility index (Phi) is 6.53. The van der Waals surface area contributed by atoms with Crippen molar-refractivity contribution in [1.82, 2.24) is 8.61 Å². The van der Waals surface area contributed by atoms with E-state index in [4.69, 9.17) is 4.74 Å². The highest BCUT2D eigenvalue weighted by Crippen LogP contribution is 2.40. The molecule has 2 aromatic rings. The Morgan fingerprint density at radius 2 is 1.35 bits per heavy atom. The summed E-state index contributed by atoms with van der Waals surface area (Å²) in [5.74, 6) is 0. The number of rotatable bonds is 5. The van der Waals surface area contributed by atoms with Crippen LogP contribution in [0.5, 0.6) is 0 Å². The molecule has 0 aromatic heterocycles. The first kappa shape index (κ1) is 25.0. The molecule has 0 N–H and O–H groups in total. The molecule has 34 heavy (non-hydrogen) atoms. The van der Waals surface area contributed by atoms with Crippen LogP contribution in [0.25, 0.3) is 0 Å². The fraction of sp³-hybridized carbons (Fsp3) is 0.429. The van der Waals surface area contributed by atoms with E-state index in [1.54, 1.807) is 0 Å². The molecule has 0 bridgehead atoms. The van der Waals surface area contributed by atoms with Crippen LogP contribution in [0.4, 0.5) is 17.6 Å². The monoisotopic (exact) mass is 522 g/mol. The predicted molar refractivity (Wildman–Crippen MR) is 113 cm³/mol. The lowest BCUT2D eigenvalue weighted by molar-refractivity contribution is -0.137. The van der Waals surface area contributed by atoms with Gasteiger partial charge in [0.1, 0.15) is 12.4 Å². The molecule has 186 valence electrons.